The second kappa shape index (κ2) is 4.53. The highest BCUT2D eigenvalue weighted by Gasteiger charge is 2.24. The average molecular weight is 248 g/mol. The van der Waals surface area contributed by atoms with Crippen molar-refractivity contribution in [1.82, 2.24) is 19.9 Å². The van der Waals surface area contributed by atoms with Crippen molar-refractivity contribution >= 4 is 0 Å². The highest BCUT2D eigenvalue weighted by Crippen LogP contribution is 2.26. The maximum Gasteiger partial charge on any atom is 0.261 e. The van der Waals surface area contributed by atoms with Crippen molar-refractivity contribution in [2.75, 3.05) is 13.2 Å². The van der Waals surface area contributed by atoms with Gasteiger partial charge in [-0.3, -0.25) is 4.68 Å². The van der Waals surface area contributed by atoms with E-state index in [0.29, 0.717) is 12.5 Å². The molecule has 3 rings (SSSR count). The lowest BCUT2D eigenvalue weighted by Crippen LogP contribution is -1.99. The van der Waals surface area contributed by atoms with E-state index < -0.39 is 0 Å². The molecule has 0 unspecified atom stereocenters. The number of nitrogens with zero attached hydrogens (tertiary/aromatic N) is 4. The molecule has 1 saturated heterocycles. The summed E-state index contributed by atoms with van der Waals surface area (Å²) in [7, 11) is 0. The van der Waals surface area contributed by atoms with Crippen LogP contribution in [-0.2, 0) is 11.3 Å². The third kappa shape index (κ3) is 1.92. The molecule has 0 saturated carbocycles. The first-order chi connectivity index (χ1) is 8.78. The summed E-state index contributed by atoms with van der Waals surface area (Å²) in [6, 6.07) is 0. The van der Waals surface area contributed by atoms with Crippen LogP contribution in [0.1, 0.15) is 30.8 Å². The van der Waals surface area contributed by atoms with Crippen LogP contribution in [0.5, 0.6) is 0 Å². The predicted molar refractivity (Wildman–Crippen MR) is 64.1 cm³/mol. The number of hydrogen-bond acceptors (Lipinski definition) is 5. The van der Waals surface area contributed by atoms with Crippen LogP contribution in [0.2, 0.25) is 0 Å². The van der Waals surface area contributed by atoms with Gasteiger partial charge in [0.2, 0.25) is 0 Å². The van der Waals surface area contributed by atoms with Crippen LogP contribution in [0, 0.1) is 6.92 Å². The minimum atomic E-state index is 0.268. The van der Waals surface area contributed by atoms with Gasteiger partial charge in [-0.05, 0) is 20.3 Å². The Morgan fingerprint density at radius 3 is 3.06 bits per heavy atom. The van der Waals surface area contributed by atoms with Crippen LogP contribution in [0.4, 0.5) is 0 Å². The van der Waals surface area contributed by atoms with Crippen LogP contribution in [0.15, 0.2) is 10.7 Å². The number of rotatable bonds is 3. The van der Waals surface area contributed by atoms with Crippen LogP contribution in [-0.4, -0.2) is 33.1 Å². The van der Waals surface area contributed by atoms with Crippen molar-refractivity contribution in [3.8, 4) is 11.5 Å². The Hall–Kier alpha value is -1.69. The average Bonchev–Trinajstić information content (AvgIpc) is 3.08. The van der Waals surface area contributed by atoms with Crippen molar-refractivity contribution in [2.24, 2.45) is 0 Å². The molecular formula is C12H16N4O2. The Kier molecular flexibility index (Phi) is 2.87. The van der Waals surface area contributed by atoms with E-state index in [1.54, 1.807) is 0 Å². The Morgan fingerprint density at radius 1 is 1.50 bits per heavy atom. The van der Waals surface area contributed by atoms with Gasteiger partial charge in [0.05, 0.1) is 17.9 Å². The minimum absolute atomic E-state index is 0.268. The van der Waals surface area contributed by atoms with Crippen molar-refractivity contribution in [3.05, 3.63) is 17.7 Å². The standard InChI is InChI=1S/C12H16N4O2/c1-3-16-6-10(8(2)14-16)12-13-11(15-18-12)9-4-5-17-7-9/h6,9H,3-5,7H2,1-2H3/t9-/m0/s1. The first-order valence-corrected chi connectivity index (χ1v) is 6.23. The number of hydrogen-bond donors (Lipinski definition) is 0. The van der Waals surface area contributed by atoms with Gasteiger partial charge in [0, 0.05) is 25.3 Å². The lowest BCUT2D eigenvalue weighted by atomic mass is 10.1. The molecule has 6 nitrogen and oxygen atoms in total. The van der Waals surface area contributed by atoms with Crippen LogP contribution in [0.3, 0.4) is 0 Å². The zero-order chi connectivity index (χ0) is 12.5. The maximum atomic E-state index is 5.33. The van der Waals surface area contributed by atoms with E-state index >= 15 is 0 Å². The Bertz CT molecular complexity index is 540. The molecule has 1 fully saturated rings. The lowest BCUT2D eigenvalue weighted by molar-refractivity contribution is 0.192. The summed E-state index contributed by atoms with van der Waals surface area (Å²) in [4.78, 5) is 4.46. The van der Waals surface area contributed by atoms with Crippen molar-refractivity contribution < 1.29 is 9.26 Å². The van der Waals surface area contributed by atoms with Gasteiger partial charge in [0.1, 0.15) is 0 Å². The second-order valence-corrected chi connectivity index (χ2v) is 4.50. The molecule has 1 atom stereocenters. The van der Waals surface area contributed by atoms with E-state index in [1.807, 2.05) is 24.7 Å². The summed E-state index contributed by atoms with van der Waals surface area (Å²) in [6.07, 6.45) is 2.91. The summed E-state index contributed by atoms with van der Waals surface area (Å²) in [5, 5.41) is 8.42. The summed E-state index contributed by atoms with van der Waals surface area (Å²) in [6.45, 7) is 6.29. The minimum Gasteiger partial charge on any atom is -0.381 e. The molecule has 0 spiro atoms. The zero-order valence-electron chi connectivity index (χ0n) is 10.6. The van der Waals surface area contributed by atoms with Gasteiger partial charge in [-0.1, -0.05) is 5.16 Å². The fourth-order valence-electron chi connectivity index (χ4n) is 2.14. The molecule has 2 aromatic rings. The van der Waals surface area contributed by atoms with E-state index in [1.165, 1.54) is 0 Å². The molecule has 0 bridgehead atoms. The Morgan fingerprint density at radius 2 is 2.39 bits per heavy atom. The fraction of sp³-hybridized carbons (Fsp3) is 0.583. The molecule has 0 amide bonds. The smallest absolute Gasteiger partial charge is 0.261 e. The quantitative estimate of drug-likeness (QED) is 0.828. The summed E-state index contributed by atoms with van der Waals surface area (Å²) < 4.78 is 12.5. The summed E-state index contributed by atoms with van der Waals surface area (Å²) >= 11 is 0. The van der Waals surface area contributed by atoms with E-state index in [0.717, 1.165) is 36.7 Å². The Balaban J connectivity index is 1.89. The van der Waals surface area contributed by atoms with Gasteiger partial charge >= 0.3 is 0 Å². The van der Waals surface area contributed by atoms with Gasteiger partial charge < -0.3 is 9.26 Å². The molecule has 1 aliphatic rings. The van der Waals surface area contributed by atoms with Gasteiger partial charge in [-0.25, -0.2) is 0 Å². The maximum absolute atomic E-state index is 5.33. The molecule has 0 radical (unpaired) electrons. The Labute approximate surface area is 105 Å². The normalized spacial score (nSPS) is 19.6. The molecule has 0 aliphatic carbocycles. The molecule has 6 heteroatoms. The molecule has 0 aromatic carbocycles. The second-order valence-electron chi connectivity index (χ2n) is 4.50. The lowest BCUT2D eigenvalue weighted by Gasteiger charge is -1.97. The summed E-state index contributed by atoms with van der Waals surface area (Å²) in [5.74, 6) is 1.56. The van der Waals surface area contributed by atoms with Crippen LogP contribution in [0.25, 0.3) is 11.5 Å². The van der Waals surface area contributed by atoms with Gasteiger partial charge in [-0.15, -0.1) is 0 Å². The summed E-state index contributed by atoms with van der Waals surface area (Å²) in [5.41, 5.74) is 1.82. The monoisotopic (exact) mass is 248 g/mol. The zero-order valence-corrected chi connectivity index (χ0v) is 10.6. The van der Waals surface area contributed by atoms with Gasteiger partial charge in [0.25, 0.3) is 5.89 Å². The molecule has 2 aromatic heterocycles. The predicted octanol–water partition coefficient (Wildman–Crippen LogP) is 1.77. The van der Waals surface area contributed by atoms with Crippen molar-refractivity contribution in [2.45, 2.75) is 32.7 Å². The van der Waals surface area contributed by atoms with Gasteiger partial charge in [-0.2, -0.15) is 10.1 Å². The highest BCUT2D eigenvalue weighted by atomic mass is 16.5. The molecule has 1 aliphatic heterocycles. The third-order valence-electron chi connectivity index (χ3n) is 3.24. The topological polar surface area (TPSA) is 66.0 Å². The molecule has 96 valence electrons. The number of aryl methyl sites for hydroxylation is 2. The van der Waals surface area contributed by atoms with Gasteiger partial charge in [0.15, 0.2) is 5.82 Å². The number of ether oxygens (including phenoxy) is 1. The van der Waals surface area contributed by atoms with E-state index in [-0.39, 0.29) is 5.92 Å². The molecule has 0 N–H and O–H groups in total. The SMILES string of the molecule is CCn1cc(-c2nc([C@H]3CCOC3)no2)c(C)n1. The largest absolute Gasteiger partial charge is 0.381 e. The van der Waals surface area contributed by atoms with E-state index in [2.05, 4.69) is 15.2 Å². The molecular weight excluding hydrogens is 232 g/mol. The fourth-order valence-corrected chi connectivity index (χ4v) is 2.14. The van der Waals surface area contributed by atoms with E-state index in [4.69, 9.17) is 9.26 Å². The van der Waals surface area contributed by atoms with Crippen molar-refractivity contribution in [1.29, 1.82) is 0 Å². The first-order valence-electron chi connectivity index (χ1n) is 6.23. The third-order valence-corrected chi connectivity index (χ3v) is 3.24. The molecule has 18 heavy (non-hydrogen) atoms. The number of aromatic nitrogens is 4. The van der Waals surface area contributed by atoms with Crippen LogP contribution < -0.4 is 0 Å². The van der Waals surface area contributed by atoms with Crippen LogP contribution >= 0.6 is 0 Å². The van der Waals surface area contributed by atoms with E-state index in [9.17, 15) is 0 Å². The molecule has 3 heterocycles. The first kappa shape index (κ1) is 11.4. The van der Waals surface area contributed by atoms with Crippen molar-refractivity contribution in [3.63, 3.8) is 0 Å². The highest BCUT2D eigenvalue weighted by molar-refractivity contribution is 5.54.